The molecule has 0 saturated carbocycles. The summed E-state index contributed by atoms with van der Waals surface area (Å²) in [5.74, 6) is 0.718. The minimum absolute atomic E-state index is 0.621. The van der Waals surface area contributed by atoms with Gasteiger partial charge in [-0.25, -0.2) is 4.98 Å². The monoisotopic (exact) mass is 445 g/mol. The van der Waals surface area contributed by atoms with Crippen LogP contribution in [0.25, 0.3) is 43.4 Å². The van der Waals surface area contributed by atoms with E-state index in [9.17, 15) is 0 Å². The van der Waals surface area contributed by atoms with Gasteiger partial charge in [-0.05, 0) is 24.3 Å². The number of rotatable bonds is 4. The summed E-state index contributed by atoms with van der Waals surface area (Å²) in [6, 6.07) is 14.1. The Bertz CT molecular complexity index is 1580. The van der Waals surface area contributed by atoms with Crippen LogP contribution in [0.3, 0.4) is 0 Å². The lowest BCUT2D eigenvalue weighted by Crippen LogP contribution is -1.89. The average molecular weight is 446 g/mol. The minimum atomic E-state index is 0.621. The fraction of sp³-hybridized carbons (Fsp3) is 0.0833. The van der Waals surface area contributed by atoms with Gasteiger partial charge < -0.3 is 14.1 Å². The van der Waals surface area contributed by atoms with Crippen LogP contribution in [0.5, 0.6) is 5.75 Å². The summed E-state index contributed by atoms with van der Waals surface area (Å²) < 4.78 is 11.7. The van der Waals surface area contributed by atoms with E-state index in [-0.39, 0.29) is 0 Å². The van der Waals surface area contributed by atoms with Gasteiger partial charge in [0.25, 0.3) is 0 Å². The van der Waals surface area contributed by atoms with Crippen LogP contribution in [-0.4, -0.2) is 22.1 Å². The molecule has 0 aliphatic heterocycles. The molecule has 0 saturated heterocycles. The van der Waals surface area contributed by atoms with Gasteiger partial charge in [-0.15, -0.1) is 11.3 Å². The summed E-state index contributed by atoms with van der Waals surface area (Å²) in [4.78, 5) is 12.5. The Labute approximate surface area is 186 Å². The predicted molar refractivity (Wildman–Crippen MR) is 125 cm³/mol. The summed E-state index contributed by atoms with van der Waals surface area (Å²) in [7, 11) is 1.66. The van der Waals surface area contributed by atoms with E-state index in [1.807, 2.05) is 30.5 Å². The molecule has 2 aromatic carbocycles. The molecular formula is C24H16ClN3O2S. The van der Waals surface area contributed by atoms with Gasteiger partial charge in [-0.3, -0.25) is 4.98 Å². The number of para-hydroxylation sites is 1. The zero-order valence-corrected chi connectivity index (χ0v) is 18.1. The number of thiazole rings is 1. The second kappa shape index (κ2) is 7.11. The van der Waals surface area contributed by atoms with Crippen LogP contribution in [0.15, 0.2) is 64.7 Å². The maximum absolute atomic E-state index is 6.25. The number of aromatic amines is 1. The number of furan rings is 1. The van der Waals surface area contributed by atoms with Crippen molar-refractivity contribution in [1.29, 1.82) is 0 Å². The molecule has 152 valence electrons. The molecule has 0 bridgehead atoms. The van der Waals surface area contributed by atoms with E-state index >= 15 is 0 Å². The van der Waals surface area contributed by atoms with E-state index < -0.39 is 0 Å². The third-order valence-corrected chi connectivity index (χ3v) is 6.62. The van der Waals surface area contributed by atoms with Crippen molar-refractivity contribution in [3.05, 3.63) is 76.6 Å². The largest absolute Gasteiger partial charge is 0.493 e. The maximum Gasteiger partial charge on any atom is 0.177 e. The first-order valence-electron chi connectivity index (χ1n) is 9.75. The number of aromatic nitrogens is 3. The SMILES string of the molecule is COc1ccc(-c2nc(Cc3cc4cncc(Cl)c4[nH]3)cs2)c2c1oc1ccccc12. The highest BCUT2D eigenvalue weighted by molar-refractivity contribution is 7.13. The number of methoxy groups -OCH3 is 1. The van der Waals surface area contributed by atoms with Gasteiger partial charge >= 0.3 is 0 Å². The third kappa shape index (κ3) is 2.99. The van der Waals surface area contributed by atoms with Crippen LogP contribution in [0.1, 0.15) is 11.4 Å². The summed E-state index contributed by atoms with van der Waals surface area (Å²) in [6.07, 6.45) is 4.15. The number of halogens is 1. The lowest BCUT2D eigenvalue weighted by molar-refractivity contribution is 0.412. The number of pyridine rings is 1. The summed E-state index contributed by atoms with van der Waals surface area (Å²) in [6.45, 7) is 0. The Morgan fingerprint density at radius 1 is 1.16 bits per heavy atom. The molecule has 0 atom stereocenters. The number of fused-ring (bicyclic) bond motifs is 4. The van der Waals surface area contributed by atoms with Crippen LogP contribution in [0, 0.1) is 0 Å². The first-order valence-corrected chi connectivity index (χ1v) is 11.0. The molecule has 31 heavy (non-hydrogen) atoms. The topological polar surface area (TPSA) is 63.9 Å². The van der Waals surface area contributed by atoms with Crippen LogP contribution in [0.4, 0.5) is 0 Å². The lowest BCUT2D eigenvalue weighted by atomic mass is 10.1. The van der Waals surface area contributed by atoms with Gasteiger partial charge in [-0.2, -0.15) is 0 Å². The van der Waals surface area contributed by atoms with Crippen molar-refractivity contribution in [3.8, 4) is 16.3 Å². The van der Waals surface area contributed by atoms with Crippen molar-refractivity contribution < 1.29 is 9.15 Å². The Hall–Kier alpha value is -3.35. The second-order valence-electron chi connectivity index (χ2n) is 7.32. The van der Waals surface area contributed by atoms with Crippen molar-refractivity contribution in [2.24, 2.45) is 0 Å². The minimum Gasteiger partial charge on any atom is -0.493 e. The van der Waals surface area contributed by atoms with E-state index in [1.54, 1.807) is 24.6 Å². The van der Waals surface area contributed by atoms with E-state index in [0.29, 0.717) is 11.4 Å². The zero-order chi connectivity index (χ0) is 20.9. The Morgan fingerprint density at radius 2 is 2.06 bits per heavy atom. The Balaban J connectivity index is 1.44. The van der Waals surface area contributed by atoms with Crippen LogP contribution < -0.4 is 4.74 Å². The van der Waals surface area contributed by atoms with Crippen molar-refractivity contribution >= 4 is 55.8 Å². The standard InChI is InChI=1S/C24H16ClN3O2S/c1-29-20-7-6-17(21-16-4-2-3-5-19(16)30-23(20)21)24-28-15(12-31-24)9-14-8-13-10-26-11-18(25)22(13)27-14/h2-8,10-12,27H,9H2,1H3. The molecule has 0 amide bonds. The van der Waals surface area contributed by atoms with E-state index in [1.165, 1.54) is 0 Å². The Morgan fingerprint density at radius 3 is 2.94 bits per heavy atom. The number of benzene rings is 2. The average Bonchev–Trinajstić information content (AvgIpc) is 3.50. The zero-order valence-electron chi connectivity index (χ0n) is 16.5. The number of ether oxygens (including phenoxy) is 1. The number of hydrogen-bond acceptors (Lipinski definition) is 5. The number of hydrogen-bond donors (Lipinski definition) is 1. The first-order chi connectivity index (χ1) is 15.2. The van der Waals surface area contributed by atoms with Gasteiger partial charge in [0.15, 0.2) is 11.3 Å². The Kier molecular flexibility index (Phi) is 4.23. The van der Waals surface area contributed by atoms with Gasteiger partial charge in [0.2, 0.25) is 0 Å². The molecule has 0 radical (unpaired) electrons. The van der Waals surface area contributed by atoms with E-state index in [4.69, 9.17) is 25.7 Å². The second-order valence-corrected chi connectivity index (χ2v) is 8.58. The molecule has 0 aliphatic rings. The molecule has 0 unspecified atom stereocenters. The summed E-state index contributed by atoms with van der Waals surface area (Å²) >= 11 is 7.87. The first kappa shape index (κ1) is 18.4. The molecule has 6 rings (SSSR count). The molecule has 0 fully saturated rings. The van der Waals surface area contributed by atoms with Crippen molar-refractivity contribution in [3.63, 3.8) is 0 Å². The maximum atomic E-state index is 6.25. The summed E-state index contributed by atoms with van der Waals surface area (Å²) in [5, 5.41) is 6.75. The van der Waals surface area contributed by atoms with Crippen molar-refractivity contribution in [2.45, 2.75) is 6.42 Å². The third-order valence-electron chi connectivity index (χ3n) is 5.41. The van der Waals surface area contributed by atoms with Crippen LogP contribution in [-0.2, 0) is 6.42 Å². The normalized spacial score (nSPS) is 11.7. The quantitative estimate of drug-likeness (QED) is 0.322. The fourth-order valence-electron chi connectivity index (χ4n) is 4.02. The molecule has 6 aromatic rings. The van der Waals surface area contributed by atoms with Gasteiger partial charge in [0, 0.05) is 51.6 Å². The van der Waals surface area contributed by atoms with Gasteiger partial charge in [0.05, 0.1) is 23.3 Å². The molecule has 7 heteroatoms. The highest BCUT2D eigenvalue weighted by atomic mass is 35.5. The lowest BCUT2D eigenvalue weighted by Gasteiger charge is -2.04. The number of nitrogens with zero attached hydrogens (tertiary/aromatic N) is 2. The fourth-order valence-corrected chi connectivity index (χ4v) is 5.08. The van der Waals surface area contributed by atoms with Crippen molar-refractivity contribution in [1.82, 2.24) is 15.0 Å². The molecule has 5 nitrogen and oxygen atoms in total. The van der Waals surface area contributed by atoms with Crippen LogP contribution >= 0.6 is 22.9 Å². The summed E-state index contributed by atoms with van der Waals surface area (Å²) in [5.41, 5.74) is 5.58. The molecular weight excluding hydrogens is 430 g/mol. The predicted octanol–water partition coefficient (Wildman–Crippen LogP) is 6.84. The van der Waals surface area contributed by atoms with Gasteiger partial charge in [-0.1, -0.05) is 29.8 Å². The highest BCUT2D eigenvalue weighted by Gasteiger charge is 2.18. The van der Waals surface area contributed by atoms with Gasteiger partial charge in [0.1, 0.15) is 10.6 Å². The highest BCUT2D eigenvalue weighted by Crippen LogP contribution is 2.41. The molecule has 1 N–H and O–H groups in total. The molecule has 4 heterocycles. The smallest absolute Gasteiger partial charge is 0.177 e. The van der Waals surface area contributed by atoms with E-state index in [0.717, 1.165) is 60.5 Å². The molecule has 4 aromatic heterocycles. The van der Waals surface area contributed by atoms with Crippen molar-refractivity contribution in [2.75, 3.05) is 7.11 Å². The van der Waals surface area contributed by atoms with Crippen LogP contribution in [0.2, 0.25) is 5.02 Å². The number of H-pyrrole nitrogens is 1. The molecule has 0 spiro atoms. The van der Waals surface area contributed by atoms with E-state index in [2.05, 4.69) is 33.5 Å². The number of nitrogens with one attached hydrogen (secondary N) is 1. The molecule has 0 aliphatic carbocycles.